The molecule has 0 atom stereocenters. The van der Waals surface area contributed by atoms with Crippen LogP contribution in [0, 0.1) is 0 Å². The summed E-state index contributed by atoms with van der Waals surface area (Å²) in [7, 11) is 0. The molecule has 0 aromatic heterocycles. The van der Waals surface area contributed by atoms with Gasteiger partial charge in [-0.1, -0.05) is 28.1 Å². The first-order valence-electron chi connectivity index (χ1n) is 6.67. The van der Waals surface area contributed by atoms with Gasteiger partial charge in [-0.2, -0.15) is 0 Å². The maximum atomic E-state index is 12.3. The van der Waals surface area contributed by atoms with Crippen LogP contribution in [-0.2, 0) is 9.59 Å². The zero-order valence-electron chi connectivity index (χ0n) is 12.5. The molecular weight excluding hydrogens is 334 g/mol. The summed E-state index contributed by atoms with van der Waals surface area (Å²) >= 11 is 3.38. The summed E-state index contributed by atoms with van der Waals surface area (Å²) in [6.45, 7) is 5.86. The molecule has 0 aliphatic heterocycles. The number of hydrogen-bond donors (Lipinski definition) is 1. The summed E-state index contributed by atoms with van der Waals surface area (Å²) in [5.41, 5.74) is 0.485. The van der Waals surface area contributed by atoms with Crippen molar-refractivity contribution in [2.45, 2.75) is 32.7 Å². The van der Waals surface area contributed by atoms with Crippen LogP contribution in [0.25, 0.3) is 6.08 Å². The third kappa shape index (κ3) is 6.12. The molecule has 0 fully saturated rings. The predicted molar refractivity (Wildman–Crippen MR) is 86.9 cm³/mol. The first-order chi connectivity index (χ1) is 9.70. The van der Waals surface area contributed by atoms with Gasteiger partial charge in [0.2, 0.25) is 5.91 Å². The molecule has 1 rings (SSSR count). The van der Waals surface area contributed by atoms with Gasteiger partial charge < -0.3 is 10.0 Å². The van der Waals surface area contributed by atoms with E-state index >= 15 is 0 Å². The lowest BCUT2D eigenvalue weighted by molar-refractivity contribution is -0.139. The van der Waals surface area contributed by atoms with E-state index in [0.717, 1.165) is 10.0 Å². The molecule has 1 aromatic carbocycles. The van der Waals surface area contributed by atoms with Gasteiger partial charge in [-0.3, -0.25) is 9.59 Å². The maximum absolute atomic E-state index is 12.3. The highest BCUT2D eigenvalue weighted by Crippen LogP contribution is 2.16. The Bertz CT molecular complexity index is 547. The third-order valence-corrected chi connectivity index (χ3v) is 3.39. The van der Waals surface area contributed by atoms with Crippen molar-refractivity contribution in [1.82, 2.24) is 4.90 Å². The smallest absolute Gasteiger partial charge is 0.305 e. The molecule has 114 valence electrons. The van der Waals surface area contributed by atoms with E-state index in [1.165, 1.54) is 6.08 Å². The van der Waals surface area contributed by atoms with Crippen molar-refractivity contribution in [3.8, 4) is 0 Å². The van der Waals surface area contributed by atoms with Gasteiger partial charge in [0.25, 0.3) is 0 Å². The lowest BCUT2D eigenvalue weighted by Crippen LogP contribution is -2.45. The van der Waals surface area contributed by atoms with E-state index in [9.17, 15) is 9.59 Å². The number of carboxylic acids is 1. The number of carbonyl (C=O) groups is 2. The van der Waals surface area contributed by atoms with Crippen molar-refractivity contribution >= 4 is 33.9 Å². The Morgan fingerprint density at radius 3 is 2.52 bits per heavy atom. The van der Waals surface area contributed by atoms with Crippen LogP contribution < -0.4 is 0 Å². The highest BCUT2D eigenvalue weighted by Gasteiger charge is 2.25. The topological polar surface area (TPSA) is 57.6 Å². The van der Waals surface area contributed by atoms with Gasteiger partial charge in [0.15, 0.2) is 0 Å². The fourth-order valence-corrected chi connectivity index (χ4v) is 2.27. The summed E-state index contributed by atoms with van der Waals surface area (Å²) in [5, 5.41) is 8.79. The molecule has 0 heterocycles. The van der Waals surface area contributed by atoms with Crippen molar-refractivity contribution in [3.05, 3.63) is 40.4 Å². The largest absolute Gasteiger partial charge is 0.481 e. The second-order valence-corrected chi connectivity index (χ2v) is 6.61. The average Bonchev–Trinajstić information content (AvgIpc) is 2.34. The van der Waals surface area contributed by atoms with E-state index in [2.05, 4.69) is 15.9 Å². The van der Waals surface area contributed by atoms with E-state index in [0.29, 0.717) is 0 Å². The quantitative estimate of drug-likeness (QED) is 0.823. The van der Waals surface area contributed by atoms with E-state index in [1.807, 2.05) is 45.0 Å². The first kappa shape index (κ1) is 17.4. The molecule has 1 amide bonds. The van der Waals surface area contributed by atoms with Crippen LogP contribution in [0.5, 0.6) is 0 Å². The Kier molecular flexibility index (Phi) is 6.15. The summed E-state index contributed by atoms with van der Waals surface area (Å²) < 4.78 is 0.940. The fraction of sp³-hybridized carbons (Fsp3) is 0.375. The lowest BCUT2D eigenvalue weighted by atomic mass is 10.1. The van der Waals surface area contributed by atoms with Gasteiger partial charge in [-0.15, -0.1) is 0 Å². The molecule has 5 heteroatoms. The minimum Gasteiger partial charge on any atom is -0.481 e. The van der Waals surface area contributed by atoms with E-state index in [1.54, 1.807) is 11.0 Å². The normalized spacial score (nSPS) is 11.6. The standard InChI is InChI=1S/C16H20BrNO3/c1-16(2,3)18(10-9-15(20)21)14(19)8-7-12-5-4-6-13(17)11-12/h4-8,11H,9-10H2,1-3H3,(H,20,21)/b8-7+. The highest BCUT2D eigenvalue weighted by atomic mass is 79.9. The predicted octanol–water partition coefficient (Wildman–Crippen LogP) is 3.56. The summed E-state index contributed by atoms with van der Waals surface area (Å²) in [6, 6.07) is 7.60. The SMILES string of the molecule is CC(C)(C)N(CCC(=O)O)C(=O)/C=C/c1cccc(Br)c1. The van der Waals surface area contributed by atoms with Crippen LogP contribution in [0.2, 0.25) is 0 Å². The number of halogens is 1. The number of aliphatic carboxylic acids is 1. The molecule has 4 nitrogen and oxygen atoms in total. The number of nitrogens with zero attached hydrogens (tertiary/aromatic N) is 1. The Morgan fingerprint density at radius 1 is 1.33 bits per heavy atom. The van der Waals surface area contributed by atoms with Crippen molar-refractivity contribution in [2.24, 2.45) is 0 Å². The molecule has 0 bridgehead atoms. The van der Waals surface area contributed by atoms with Gasteiger partial charge in [0.05, 0.1) is 6.42 Å². The Balaban J connectivity index is 2.83. The Morgan fingerprint density at radius 2 is 2.00 bits per heavy atom. The molecule has 0 aliphatic rings. The van der Waals surface area contributed by atoms with Crippen LogP contribution in [0.1, 0.15) is 32.8 Å². The minimum absolute atomic E-state index is 0.0618. The zero-order chi connectivity index (χ0) is 16.0. The van der Waals surface area contributed by atoms with Crippen LogP contribution in [0.15, 0.2) is 34.8 Å². The van der Waals surface area contributed by atoms with Crippen LogP contribution in [-0.4, -0.2) is 34.0 Å². The van der Waals surface area contributed by atoms with Crippen molar-refractivity contribution in [1.29, 1.82) is 0 Å². The van der Waals surface area contributed by atoms with Gasteiger partial charge in [0.1, 0.15) is 0 Å². The molecular formula is C16H20BrNO3. The lowest BCUT2D eigenvalue weighted by Gasteiger charge is -2.34. The van der Waals surface area contributed by atoms with Crippen molar-refractivity contribution in [3.63, 3.8) is 0 Å². The van der Waals surface area contributed by atoms with Gasteiger partial charge in [-0.25, -0.2) is 0 Å². The van der Waals surface area contributed by atoms with E-state index < -0.39 is 11.5 Å². The molecule has 21 heavy (non-hydrogen) atoms. The van der Waals surface area contributed by atoms with E-state index in [4.69, 9.17) is 5.11 Å². The number of hydrogen-bond acceptors (Lipinski definition) is 2. The number of carbonyl (C=O) groups excluding carboxylic acids is 1. The fourth-order valence-electron chi connectivity index (χ4n) is 1.85. The zero-order valence-corrected chi connectivity index (χ0v) is 14.1. The number of benzene rings is 1. The molecule has 1 aromatic rings. The van der Waals surface area contributed by atoms with Gasteiger partial charge in [-0.05, 0) is 44.5 Å². The second kappa shape index (κ2) is 7.41. The van der Waals surface area contributed by atoms with Crippen LogP contribution in [0.4, 0.5) is 0 Å². The van der Waals surface area contributed by atoms with Gasteiger partial charge >= 0.3 is 5.97 Å². The average molecular weight is 354 g/mol. The first-order valence-corrected chi connectivity index (χ1v) is 7.46. The summed E-state index contributed by atoms with van der Waals surface area (Å²) in [6.07, 6.45) is 3.15. The monoisotopic (exact) mass is 353 g/mol. The molecule has 0 saturated heterocycles. The van der Waals surface area contributed by atoms with Gasteiger partial charge in [0, 0.05) is 22.6 Å². The molecule has 0 saturated carbocycles. The summed E-state index contributed by atoms with van der Waals surface area (Å²) in [4.78, 5) is 24.6. The number of carboxylic acid groups (broad SMARTS) is 1. The minimum atomic E-state index is -0.909. The van der Waals surface area contributed by atoms with Crippen molar-refractivity contribution in [2.75, 3.05) is 6.54 Å². The van der Waals surface area contributed by atoms with Crippen molar-refractivity contribution < 1.29 is 14.7 Å². The number of rotatable bonds is 5. The molecule has 0 spiro atoms. The molecule has 0 aliphatic carbocycles. The second-order valence-electron chi connectivity index (χ2n) is 5.69. The molecule has 0 radical (unpaired) electrons. The Hall–Kier alpha value is -1.62. The third-order valence-electron chi connectivity index (χ3n) is 2.89. The highest BCUT2D eigenvalue weighted by molar-refractivity contribution is 9.10. The molecule has 1 N–H and O–H groups in total. The van der Waals surface area contributed by atoms with Crippen LogP contribution >= 0.6 is 15.9 Å². The van der Waals surface area contributed by atoms with Crippen LogP contribution in [0.3, 0.4) is 0 Å². The summed E-state index contributed by atoms with van der Waals surface area (Å²) in [5.74, 6) is -1.10. The Labute approximate surface area is 133 Å². The maximum Gasteiger partial charge on any atom is 0.305 e. The van der Waals surface area contributed by atoms with E-state index in [-0.39, 0.29) is 18.9 Å². The number of amides is 1. The molecule has 0 unspecified atom stereocenters.